The molecule has 0 bridgehead atoms. The van der Waals surface area contributed by atoms with Crippen molar-refractivity contribution in [2.75, 3.05) is 17.2 Å². The van der Waals surface area contributed by atoms with E-state index in [1.807, 2.05) is 0 Å². The third-order valence-electron chi connectivity index (χ3n) is 3.73. The lowest BCUT2D eigenvalue weighted by atomic mass is 10.2. The minimum absolute atomic E-state index is 0.0859. The van der Waals surface area contributed by atoms with Crippen LogP contribution < -0.4 is 16.0 Å². The summed E-state index contributed by atoms with van der Waals surface area (Å²) in [5, 5.41) is 7.90. The molecule has 2 rings (SSSR count). The van der Waals surface area contributed by atoms with Crippen molar-refractivity contribution in [2.24, 2.45) is 0 Å². The van der Waals surface area contributed by atoms with E-state index in [9.17, 15) is 18.8 Å². The van der Waals surface area contributed by atoms with Crippen LogP contribution in [0.25, 0.3) is 6.08 Å². The minimum Gasteiger partial charge on any atom is -0.444 e. The first kappa shape index (κ1) is 23.6. The highest BCUT2D eigenvalue weighted by atomic mass is 19.1. The molecule has 2 aromatic rings. The fraction of sp³-hybridized carbons (Fsp3) is 0.261. The normalized spacial score (nSPS) is 11.1. The van der Waals surface area contributed by atoms with Gasteiger partial charge in [0.05, 0.1) is 0 Å². The first-order valence-corrected chi connectivity index (χ1v) is 9.72. The molecule has 2 aromatic carbocycles. The van der Waals surface area contributed by atoms with Crippen molar-refractivity contribution in [3.8, 4) is 0 Å². The molecule has 164 valence electrons. The summed E-state index contributed by atoms with van der Waals surface area (Å²) < 4.78 is 18.2. The molecule has 3 N–H and O–H groups in total. The number of carbonyl (C=O) groups excluding carboxylic acids is 3. The second kappa shape index (κ2) is 10.9. The van der Waals surface area contributed by atoms with Gasteiger partial charge in [0, 0.05) is 30.4 Å². The zero-order valence-corrected chi connectivity index (χ0v) is 17.7. The number of anilines is 2. The van der Waals surface area contributed by atoms with Gasteiger partial charge in [0.2, 0.25) is 11.8 Å². The number of hydrogen-bond donors (Lipinski definition) is 3. The lowest BCUT2D eigenvalue weighted by Gasteiger charge is -2.19. The van der Waals surface area contributed by atoms with Gasteiger partial charge in [-0.3, -0.25) is 9.59 Å². The summed E-state index contributed by atoms with van der Waals surface area (Å²) in [4.78, 5) is 35.5. The van der Waals surface area contributed by atoms with Crippen LogP contribution in [0, 0.1) is 5.82 Å². The predicted octanol–water partition coefficient (Wildman–Crippen LogP) is 4.33. The number of carbonyl (C=O) groups is 3. The molecule has 0 fully saturated rings. The molecule has 0 atom stereocenters. The van der Waals surface area contributed by atoms with Gasteiger partial charge in [0.15, 0.2) is 0 Å². The maximum Gasteiger partial charge on any atom is 0.407 e. The SMILES string of the molecule is CC(C)(C)OC(=O)NCCC(=O)Nc1ccc(NC(=O)/C=C/c2cccc(F)c2)cc1. The van der Waals surface area contributed by atoms with Crippen molar-refractivity contribution >= 4 is 35.4 Å². The van der Waals surface area contributed by atoms with Crippen LogP contribution >= 0.6 is 0 Å². The van der Waals surface area contributed by atoms with Gasteiger partial charge in [-0.05, 0) is 68.8 Å². The Balaban J connectivity index is 1.76. The van der Waals surface area contributed by atoms with Crippen molar-refractivity contribution in [1.82, 2.24) is 5.32 Å². The van der Waals surface area contributed by atoms with Gasteiger partial charge in [-0.1, -0.05) is 12.1 Å². The zero-order valence-electron chi connectivity index (χ0n) is 17.7. The Kier molecular flexibility index (Phi) is 8.31. The molecule has 0 aliphatic rings. The number of hydrogen-bond acceptors (Lipinski definition) is 4. The highest BCUT2D eigenvalue weighted by Gasteiger charge is 2.15. The van der Waals surface area contributed by atoms with E-state index >= 15 is 0 Å². The summed E-state index contributed by atoms with van der Waals surface area (Å²) in [6.07, 6.45) is 2.33. The maximum absolute atomic E-state index is 13.1. The van der Waals surface area contributed by atoms with Crippen molar-refractivity contribution < 1.29 is 23.5 Å². The average Bonchev–Trinajstić information content (AvgIpc) is 2.66. The van der Waals surface area contributed by atoms with Gasteiger partial charge in [-0.25, -0.2) is 9.18 Å². The number of rotatable bonds is 7. The van der Waals surface area contributed by atoms with Crippen LogP contribution in [-0.4, -0.2) is 30.1 Å². The highest BCUT2D eigenvalue weighted by Crippen LogP contribution is 2.14. The van der Waals surface area contributed by atoms with Crippen LogP contribution in [0.3, 0.4) is 0 Å². The Morgan fingerprint density at radius 3 is 2.26 bits per heavy atom. The quantitative estimate of drug-likeness (QED) is 0.573. The molecule has 0 aliphatic heterocycles. The summed E-state index contributed by atoms with van der Waals surface area (Å²) >= 11 is 0. The van der Waals surface area contributed by atoms with Gasteiger partial charge in [0.25, 0.3) is 0 Å². The van der Waals surface area contributed by atoms with Crippen molar-refractivity contribution in [2.45, 2.75) is 32.8 Å². The Morgan fingerprint density at radius 1 is 1.00 bits per heavy atom. The number of ether oxygens (including phenoxy) is 1. The fourth-order valence-corrected chi connectivity index (χ4v) is 2.42. The van der Waals surface area contributed by atoms with Crippen molar-refractivity contribution in [3.05, 3.63) is 66.0 Å². The van der Waals surface area contributed by atoms with Crippen LogP contribution in [0.1, 0.15) is 32.8 Å². The molecule has 3 amide bonds. The van der Waals surface area contributed by atoms with Gasteiger partial charge in [-0.15, -0.1) is 0 Å². The second-order valence-corrected chi connectivity index (χ2v) is 7.68. The molecule has 8 heteroatoms. The molecule has 7 nitrogen and oxygen atoms in total. The Labute approximate surface area is 180 Å². The van der Waals surface area contributed by atoms with Crippen LogP contribution in [-0.2, 0) is 14.3 Å². The zero-order chi connectivity index (χ0) is 22.9. The van der Waals surface area contributed by atoms with Crippen LogP contribution in [0.5, 0.6) is 0 Å². The van der Waals surface area contributed by atoms with E-state index in [2.05, 4.69) is 16.0 Å². The Bertz CT molecular complexity index is 950. The summed E-state index contributed by atoms with van der Waals surface area (Å²) in [6.45, 7) is 5.41. The first-order valence-electron chi connectivity index (χ1n) is 9.72. The standard InChI is InChI=1S/C23H26FN3O4/c1-23(2,3)31-22(30)25-14-13-21(29)27-19-10-8-18(9-11-19)26-20(28)12-7-16-5-4-6-17(24)15-16/h4-12,15H,13-14H2,1-3H3,(H,25,30)(H,26,28)(H,27,29)/b12-7+. The molecule has 0 spiro atoms. The minimum atomic E-state index is -0.598. The summed E-state index contributed by atoms with van der Waals surface area (Å²) in [5.74, 6) is -1.01. The molecule has 0 unspecified atom stereocenters. The Hall–Kier alpha value is -3.68. The van der Waals surface area contributed by atoms with Gasteiger partial charge >= 0.3 is 6.09 Å². The van der Waals surface area contributed by atoms with E-state index < -0.39 is 11.7 Å². The molecular weight excluding hydrogens is 401 g/mol. The first-order chi connectivity index (χ1) is 14.6. The molecule has 0 saturated heterocycles. The fourth-order valence-electron chi connectivity index (χ4n) is 2.42. The molecule has 31 heavy (non-hydrogen) atoms. The van der Waals surface area contributed by atoms with Gasteiger partial charge in [0.1, 0.15) is 11.4 Å². The topological polar surface area (TPSA) is 96.5 Å². The van der Waals surface area contributed by atoms with Crippen molar-refractivity contribution in [1.29, 1.82) is 0 Å². The second-order valence-electron chi connectivity index (χ2n) is 7.68. The smallest absolute Gasteiger partial charge is 0.407 e. The number of benzene rings is 2. The molecule has 0 heterocycles. The summed E-state index contributed by atoms with van der Waals surface area (Å²) in [5.41, 5.74) is 1.07. The van der Waals surface area contributed by atoms with Crippen LogP contribution in [0.15, 0.2) is 54.6 Å². The molecule has 0 aliphatic carbocycles. The number of amides is 3. The van der Waals surface area contributed by atoms with Crippen LogP contribution in [0.4, 0.5) is 20.6 Å². The number of halogens is 1. The van der Waals surface area contributed by atoms with E-state index in [0.717, 1.165) is 0 Å². The van der Waals surface area contributed by atoms with E-state index in [1.165, 1.54) is 24.3 Å². The monoisotopic (exact) mass is 427 g/mol. The number of alkyl carbamates (subject to hydrolysis) is 1. The summed E-state index contributed by atoms with van der Waals surface area (Å²) in [6, 6.07) is 12.5. The lowest BCUT2D eigenvalue weighted by molar-refractivity contribution is -0.116. The van der Waals surface area contributed by atoms with E-state index in [1.54, 1.807) is 57.2 Å². The van der Waals surface area contributed by atoms with E-state index in [4.69, 9.17) is 4.74 Å². The van der Waals surface area contributed by atoms with Gasteiger partial charge in [-0.2, -0.15) is 0 Å². The Morgan fingerprint density at radius 2 is 1.65 bits per heavy atom. The third-order valence-corrected chi connectivity index (χ3v) is 3.73. The largest absolute Gasteiger partial charge is 0.444 e. The molecule has 0 saturated carbocycles. The van der Waals surface area contributed by atoms with E-state index in [0.29, 0.717) is 16.9 Å². The van der Waals surface area contributed by atoms with Crippen LogP contribution in [0.2, 0.25) is 0 Å². The van der Waals surface area contributed by atoms with Gasteiger partial charge < -0.3 is 20.7 Å². The van der Waals surface area contributed by atoms with E-state index in [-0.39, 0.29) is 30.6 Å². The lowest BCUT2D eigenvalue weighted by Crippen LogP contribution is -2.34. The van der Waals surface area contributed by atoms with Crippen molar-refractivity contribution in [3.63, 3.8) is 0 Å². The molecule has 0 radical (unpaired) electrons. The summed E-state index contributed by atoms with van der Waals surface area (Å²) in [7, 11) is 0. The molecular formula is C23H26FN3O4. The number of nitrogens with one attached hydrogen (secondary N) is 3. The maximum atomic E-state index is 13.1. The highest BCUT2D eigenvalue weighted by molar-refractivity contribution is 6.02. The molecule has 0 aromatic heterocycles. The predicted molar refractivity (Wildman–Crippen MR) is 118 cm³/mol. The average molecular weight is 427 g/mol. The third kappa shape index (κ3) is 9.58.